The Bertz CT molecular complexity index is 955. The van der Waals surface area contributed by atoms with Crippen molar-refractivity contribution in [3.05, 3.63) is 72.0 Å². The Morgan fingerprint density at radius 1 is 0.917 bits per heavy atom. The minimum atomic E-state index is -3.63. The van der Waals surface area contributed by atoms with E-state index in [0.717, 1.165) is 11.1 Å². The van der Waals surface area contributed by atoms with Gasteiger partial charge in [0.25, 0.3) is 10.0 Å². The molecule has 0 bridgehead atoms. The normalized spacial score (nSPS) is 11.2. The van der Waals surface area contributed by atoms with Crippen LogP contribution in [0.2, 0.25) is 0 Å². The molecular formula is C18H15NO4S. The summed E-state index contributed by atoms with van der Waals surface area (Å²) >= 11 is 0. The lowest BCUT2D eigenvalue weighted by Crippen LogP contribution is -2.12. The number of carbonyl (C=O) groups excluding carboxylic acids is 1. The van der Waals surface area contributed by atoms with Crippen LogP contribution in [0.25, 0.3) is 11.3 Å². The Labute approximate surface area is 140 Å². The Hall–Kier alpha value is -2.86. The fraction of sp³-hybridized carbons (Fsp3) is 0.0556. The number of aldehydes is 1. The third kappa shape index (κ3) is 3.38. The summed E-state index contributed by atoms with van der Waals surface area (Å²) < 4.78 is 32.6. The topological polar surface area (TPSA) is 76.4 Å². The van der Waals surface area contributed by atoms with E-state index in [1.165, 1.54) is 0 Å². The van der Waals surface area contributed by atoms with Gasteiger partial charge in [-0.2, -0.15) is 0 Å². The van der Waals surface area contributed by atoms with Crippen molar-refractivity contribution in [2.75, 3.05) is 4.72 Å². The van der Waals surface area contributed by atoms with Crippen molar-refractivity contribution in [2.45, 2.75) is 11.8 Å². The second-order valence-electron chi connectivity index (χ2n) is 5.32. The summed E-state index contributed by atoms with van der Waals surface area (Å²) in [6.45, 7) is 1.90. The van der Waals surface area contributed by atoms with Crippen LogP contribution >= 0.6 is 0 Å². The molecule has 6 heteroatoms. The van der Waals surface area contributed by atoms with Gasteiger partial charge in [-0.3, -0.25) is 9.52 Å². The van der Waals surface area contributed by atoms with Crippen LogP contribution in [0.4, 0.5) is 5.69 Å². The molecule has 0 radical (unpaired) electrons. The van der Waals surface area contributed by atoms with Gasteiger partial charge < -0.3 is 4.42 Å². The molecule has 0 unspecified atom stereocenters. The highest BCUT2D eigenvalue weighted by Crippen LogP contribution is 2.24. The number of rotatable bonds is 5. The molecule has 0 spiro atoms. The molecule has 3 rings (SSSR count). The molecule has 1 heterocycles. The molecule has 2 aromatic carbocycles. The van der Waals surface area contributed by atoms with Crippen molar-refractivity contribution in [1.29, 1.82) is 0 Å². The average molecular weight is 341 g/mol. The summed E-state index contributed by atoms with van der Waals surface area (Å²) in [6.07, 6.45) is 0.633. The lowest BCUT2D eigenvalue weighted by molar-refractivity contribution is 0.110. The molecule has 0 atom stereocenters. The number of benzene rings is 2. The molecule has 0 saturated heterocycles. The summed E-state index contributed by atoms with van der Waals surface area (Å²) in [5, 5.41) is 0. The summed E-state index contributed by atoms with van der Waals surface area (Å²) in [5.41, 5.74) is 2.19. The molecule has 0 aliphatic heterocycles. The monoisotopic (exact) mass is 341 g/mol. The first-order valence-corrected chi connectivity index (χ1v) is 8.71. The molecule has 0 amide bonds. The smallest absolute Gasteiger partial charge is 0.261 e. The Kier molecular flexibility index (Phi) is 4.22. The van der Waals surface area contributed by atoms with Gasteiger partial charge in [-0.15, -0.1) is 0 Å². The molecule has 0 aliphatic carbocycles. The zero-order valence-electron chi connectivity index (χ0n) is 12.9. The minimum Gasteiger partial charge on any atom is -0.453 e. The van der Waals surface area contributed by atoms with Gasteiger partial charge in [-0.1, -0.05) is 17.7 Å². The highest BCUT2D eigenvalue weighted by molar-refractivity contribution is 7.92. The number of aryl methyl sites for hydroxylation is 1. The SMILES string of the molecule is Cc1ccc(S(=O)(=O)Nc2ccc(-c3ccc(C=O)o3)cc2)cc1. The second kappa shape index (κ2) is 6.33. The van der Waals surface area contributed by atoms with Gasteiger partial charge >= 0.3 is 0 Å². The predicted octanol–water partition coefficient (Wildman–Crippen LogP) is 3.87. The fourth-order valence-corrected chi connectivity index (χ4v) is 3.26. The number of nitrogens with one attached hydrogen (secondary N) is 1. The van der Waals surface area contributed by atoms with Crippen LogP contribution in [-0.4, -0.2) is 14.7 Å². The van der Waals surface area contributed by atoms with Crippen LogP contribution < -0.4 is 4.72 Å². The van der Waals surface area contributed by atoms with Crippen LogP contribution in [0.15, 0.2) is 70.0 Å². The first-order valence-electron chi connectivity index (χ1n) is 7.23. The van der Waals surface area contributed by atoms with Crippen molar-refractivity contribution in [3.8, 4) is 11.3 Å². The minimum absolute atomic E-state index is 0.207. The molecule has 5 nitrogen and oxygen atoms in total. The number of anilines is 1. The maximum Gasteiger partial charge on any atom is 0.261 e. The maximum atomic E-state index is 12.3. The van der Waals surface area contributed by atoms with Crippen molar-refractivity contribution >= 4 is 22.0 Å². The molecular weight excluding hydrogens is 326 g/mol. The van der Waals surface area contributed by atoms with Crippen LogP contribution in [0, 0.1) is 6.92 Å². The van der Waals surface area contributed by atoms with Gasteiger partial charge in [0.05, 0.1) is 4.90 Å². The summed E-state index contributed by atoms with van der Waals surface area (Å²) in [5.74, 6) is 0.791. The Balaban J connectivity index is 1.80. The molecule has 122 valence electrons. The largest absolute Gasteiger partial charge is 0.453 e. The average Bonchev–Trinajstić information content (AvgIpc) is 3.05. The van der Waals surface area contributed by atoms with Crippen LogP contribution in [0.3, 0.4) is 0 Å². The van der Waals surface area contributed by atoms with Crippen LogP contribution in [0.1, 0.15) is 16.1 Å². The summed E-state index contributed by atoms with van der Waals surface area (Å²) in [6, 6.07) is 16.6. The van der Waals surface area contributed by atoms with Crippen molar-refractivity contribution in [3.63, 3.8) is 0 Å². The fourth-order valence-electron chi connectivity index (χ4n) is 2.21. The standard InChI is InChI=1S/C18H15NO4S/c1-13-2-9-17(10-3-13)24(21,22)19-15-6-4-14(5-7-15)18-11-8-16(12-20)23-18/h2-12,19H,1H3. The van der Waals surface area contributed by atoms with E-state index in [9.17, 15) is 13.2 Å². The van der Waals surface area contributed by atoms with Gasteiger partial charge in [0.2, 0.25) is 0 Å². The van der Waals surface area contributed by atoms with E-state index in [4.69, 9.17) is 4.42 Å². The van der Waals surface area contributed by atoms with E-state index < -0.39 is 10.0 Å². The maximum absolute atomic E-state index is 12.3. The number of sulfonamides is 1. The molecule has 0 aliphatic rings. The van der Waals surface area contributed by atoms with Gasteiger partial charge in [0.15, 0.2) is 12.0 Å². The van der Waals surface area contributed by atoms with Gasteiger partial charge in [0.1, 0.15) is 5.76 Å². The van der Waals surface area contributed by atoms with Crippen LogP contribution in [0.5, 0.6) is 0 Å². The van der Waals surface area contributed by atoms with E-state index in [1.54, 1.807) is 60.7 Å². The zero-order chi connectivity index (χ0) is 17.2. The number of furan rings is 1. The zero-order valence-corrected chi connectivity index (χ0v) is 13.7. The third-order valence-electron chi connectivity index (χ3n) is 3.50. The van der Waals surface area contributed by atoms with Crippen molar-refractivity contribution in [2.24, 2.45) is 0 Å². The second-order valence-corrected chi connectivity index (χ2v) is 7.00. The van der Waals surface area contributed by atoms with E-state index in [-0.39, 0.29) is 10.7 Å². The number of hydrogen-bond acceptors (Lipinski definition) is 4. The quantitative estimate of drug-likeness (QED) is 0.715. The van der Waals surface area contributed by atoms with E-state index in [1.807, 2.05) is 6.92 Å². The molecule has 24 heavy (non-hydrogen) atoms. The number of carbonyl (C=O) groups is 1. The highest BCUT2D eigenvalue weighted by Gasteiger charge is 2.14. The number of hydrogen-bond donors (Lipinski definition) is 1. The van der Waals surface area contributed by atoms with Crippen molar-refractivity contribution < 1.29 is 17.6 Å². The molecule has 3 aromatic rings. The predicted molar refractivity (Wildman–Crippen MR) is 91.5 cm³/mol. The first kappa shape index (κ1) is 16.0. The first-order chi connectivity index (χ1) is 11.5. The summed E-state index contributed by atoms with van der Waals surface area (Å²) in [4.78, 5) is 10.9. The molecule has 1 aromatic heterocycles. The van der Waals surface area contributed by atoms with E-state index in [0.29, 0.717) is 17.7 Å². The molecule has 1 N–H and O–H groups in total. The third-order valence-corrected chi connectivity index (χ3v) is 4.89. The summed E-state index contributed by atoms with van der Waals surface area (Å²) in [7, 11) is -3.63. The highest BCUT2D eigenvalue weighted by atomic mass is 32.2. The molecule has 0 fully saturated rings. The van der Waals surface area contributed by atoms with Gasteiger partial charge in [0, 0.05) is 11.3 Å². The van der Waals surface area contributed by atoms with Crippen molar-refractivity contribution in [1.82, 2.24) is 0 Å². The van der Waals surface area contributed by atoms with Gasteiger partial charge in [-0.25, -0.2) is 8.42 Å². The Morgan fingerprint density at radius 3 is 2.17 bits per heavy atom. The van der Waals surface area contributed by atoms with E-state index in [2.05, 4.69) is 4.72 Å². The lowest BCUT2D eigenvalue weighted by Gasteiger charge is -2.08. The van der Waals surface area contributed by atoms with Crippen LogP contribution in [-0.2, 0) is 10.0 Å². The Morgan fingerprint density at radius 2 is 1.58 bits per heavy atom. The molecule has 0 saturated carbocycles. The lowest BCUT2D eigenvalue weighted by atomic mass is 10.1. The van der Waals surface area contributed by atoms with Gasteiger partial charge in [-0.05, 0) is 55.5 Å². The van der Waals surface area contributed by atoms with E-state index >= 15 is 0 Å².